The lowest BCUT2D eigenvalue weighted by Gasteiger charge is -2.30. The van der Waals surface area contributed by atoms with Crippen molar-refractivity contribution in [2.45, 2.75) is 38.3 Å². The zero-order chi connectivity index (χ0) is 15.9. The standard InChI is InChI=1S/C17H25FN2O2/c1-20(11-14-7-3-5-9-16(14)21)12-17(22)19-10-13-6-2-4-8-15(13)18/h2,4,6,8,14,16,21H,3,5,7,9-12H2,1H3,(H,19,22). The molecular weight excluding hydrogens is 283 g/mol. The number of halogens is 1. The molecule has 2 atom stereocenters. The Morgan fingerprint density at radius 2 is 2.09 bits per heavy atom. The largest absolute Gasteiger partial charge is 0.393 e. The van der Waals surface area contributed by atoms with Crippen LogP contribution in [0.25, 0.3) is 0 Å². The third kappa shape index (κ3) is 5.07. The van der Waals surface area contributed by atoms with Gasteiger partial charge in [-0.3, -0.25) is 9.69 Å². The SMILES string of the molecule is CN(CC(=O)NCc1ccccc1F)CC1CCCCC1O. The van der Waals surface area contributed by atoms with E-state index < -0.39 is 0 Å². The fourth-order valence-corrected chi connectivity index (χ4v) is 3.00. The van der Waals surface area contributed by atoms with Crippen LogP contribution in [0.15, 0.2) is 24.3 Å². The number of rotatable bonds is 6. The molecule has 1 aromatic carbocycles. The van der Waals surface area contributed by atoms with Crippen LogP contribution < -0.4 is 5.32 Å². The van der Waals surface area contributed by atoms with E-state index in [1.807, 2.05) is 11.9 Å². The molecule has 0 saturated heterocycles. The lowest BCUT2D eigenvalue weighted by Crippen LogP contribution is -2.40. The van der Waals surface area contributed by atoms with Crippen LogP contribution in [0.1, 0.15) is 31.2 Å². The summed E-state index contributed by atoms with van der Waals surface area (Å²) in [5, 5.41) is 12.7. The van der Waals surface area contributed by atoms with Crippen LogP contribution in [0.5, 0.6) is 0 Å². The van der Waals surface area contributed by atoms with E-state index in [9.17, 15) is 14.3 Å². The van der Waals surface area contributed by atoms with Gasteiger partial charge >= 0.3 is 0 Å². The van der Waals surface area contributed by atoms with Gasteiger partial charge < -0.3 is 10.4 Å². The second-order valence-electron chi connectivity index (χ2n) is 6.18. The maximum absolute atomic E-state index is 13.5. The van der Waals surface area contributed by atoms with Crippen molar-refractivity contribution in [2.75, 3.05) is 20.1 Å². The van der Waals surface area contributed by atoms with Gasteiger partial charge in [-0.05, 0) is 31.9 Å². The highest BCUT2D eigenvalue weighted by Crippen LogP contribution is 2.24. The van der Waals surface area contributed by atoms with Crippen LogP contribution in [0, 0.1) is 11.7 Å². The Labute approximate surface area is 131 Å². The fourth-order valence-electron chi connectivity index (χ4n) is 3.00. The summed E-state index contributed by atoms with van der Waals surface area (Å²) in [4.78, 5) is 13.9. The first-order valence-electron chi connectivity index (χ1n) is 7.93. The molecule has 2 unspecified atom stereocenters. The summed E-state index contributed by atoms with van der Waals surface area (Å²) < 4.78 is 13.5. The molecule has 0 heterocycles. The Balaban J connectivity index is 1.73. The minimum Gasteiger partial charge on any atom is -0.393 e. The van der Waals surface area contributed by atoms with Crippen molar-refractivity contribution in [3.8, 4) is 0 Å². The van der Waals surface area contributed by atoms with E-state index in [-0.39, 0.29) is 36.8 Å². The molecule has 22 heavy (non-hydrogen) atoms. The molecule has 122 valence electrons. The molecule has 1 aliphatic rings. The predicted molar refractivity (Wildman–Crippen MR) is 83.7 cm³/mol. The van der Waals surface area contributed by atoms with Gasteiger partial charge in [0.1, 0.15) is 5.82 Å². The Bertz CT molecular complexity index is 495. The summed E-state index contributed by atoms with van der Waals surface area (Å²) in [6.45, 7) is 1.18. The lowest BCUT2D eigenvalue weighted by molar-refractivity contribution is -0.122. The van der Waals surface area contributed by atoms with E-state index in [0.717, 1.165) is 25.7 Å². The Kier molecular flexibility index (Phi) is 6.34. The molecule has 1 amide bonds. The molecule has 1 fully saturated rings. The summed E-state index contributed by atoms with van der Waals surface area (Å²) in [7, 11) is 1.88. The average Bonchev–Trinajstić information content (AvgIpc) is 2.49. The molecule has 0 spiro atoms. The van der Waals surface area contributed by atoms with Gasteiger partial charge in [-0.15, -0.1) is 0 Å². The van der Waals surface area contributed by atoms with Gasteiger partial charge in [-0.2, -0.15) is 0 Å². The van der Waals surface area contributed by atoms with Crippen molar-refractivity contribution < 1.29 is 14.3 Å². The molecule has 0 radical (unpaired) electrons. The van der Waals surface area contributed by atoms with Gasteiger partial charge in [0.15, 0.2) is 0 Å². The van der Waals surface area contributed by atoms with Gasteiger partial charge in [0.2, 0.25) is 5.91 Å². The molecule has 1 aromatic rings. The topological polar surface area (TPSA) is 52.6 Å². The smallest absolute Gasteiger partial charge is 0.234 e. The van der Waals surface area contributed by atoms with Crippen LogP contribution in [-0.4, -0.2) is 42.2 Å². The van der Waals surface area contributed by atoms with Gasteiger partial charge in [-0.1, -0.05) is 31.0 Å². The van der Waals surface area contributed by atoms with Crippen LogP contribution in [0.4, 0.5) is 4.39 Å². The van der Waals surface area contributed by atoms with Crippen molar-refractivity contribution in [3.05, 3.63) is 35.6 Å². The number of aliphatic hydroxyl groups is 1. The third-order valence-electron chi connectivity index (χ3n) is 4.26. The van der Waals surface area contributed by atoms with E-state index in [1.165, 1.54) is 6.07 Å². The maximum atomic E-state index is 13.5. The molecule has 2 N–H and O–H groups in total. The molecule has 1 aliphatic carbocycles. The summed E-state index contributed by atoms with van der Waals surface area (Å²) in [6.07, 6.45) is 3.86. The minimum absolute atomic E-state index is 0.129. The number of benzene rings is 1. The molecule has 2 rings (SSSR count). The van der Waals surface area contributed by atoms with E-state index in [0.29, 0.717) is 12.1 Å². The monoisotopic (exact) mass is 308 g/mol. The normalized spacial score (nSPS) is 21.8. The number of likely N-dealkylation sites (N-methyl/N-ethyl adjacent to an activating group) is 1. The average molecular weight is 308 g/mol. The summed E-state index contributed by atoms with van der Waals surface area (Å²) in [5.74, 6) is -0.185. The second kappa shape index (κ2) is 8.25. The van der Waals surface area contributed by atoms with Crippen molar-refractivity contribution >= 4 is 5.91 Å². The molecule has 4 nitrogen and oxygen atoms in total. The number of amides is 1. The molecule has 5 heteroatoms. The summed E-state index contributed by atoms with van der Waals surface area (Å²) >= 11 is 0. The third-order valence-corrected chi connectivity index (χ3v) is 4.26. The second-order valence-corrected chi connectivity index (χ2v) is 6.18. The molecule has 1 saturated carbocycles. The van der Waals surface area contributed by atoms with Crippen LogP contribution >= 0.6 is 0 Å². The number of aliphatic hydroxyl groups excluding tert-OH is 1. The number of hydrogen-bond acceptors (Lipinski definition) is 3. The highest BCUT2D eigenvalue weighted by atomic mass is 19.1. The molecule has 0 bridgehead atoms. The molecule has 0 aliphatic heterocycles. The quantitative estimate of drug-likeness (QED) is 0.844. The van der Waals surface area contributed by atoms with Crippen molar-refractivity contribution in [3.63, 3.8) is 0 Å². The summed E-state index contributed by atoms with van der Waals surface area (Å²) in [5.41, 5.74) is 0.487. The number of carbonyl (C=O) groups excluding carboxylic acids is 1. The van der Waals surface area contributed by atoms with Gasteiger partial charge in [0, 0.05) is 18.7 Å². The van der Waals surface area contributed by atoms with Crippen molar-refractivity contribution in [1.82, 2.24) is 10.2 Å². The molecule has 0 aromatic heterocycles. The minimum atomic E-state index is -0.304. The Morgan fingerprint density at radius 1 is 1.36 bits per heavy atom. The Hall–Kier alpha value is -1.46. The zero-order valence-electron chi connectivity index (χ0n) is 13.1. The Morgan fingerprint density at radius 3 is 2.82 bits per heavy atom. The highest BCUT2D eigenvalue weighted by Gasteiger charge is 2.24. The van der Waals surface area contributed by atoms with Crippen molar-refractivity contribution in [2.24, 2.45) is 5.92 Å². The summed E-state index contributed by atoms with van der Waals surface area (Å²) in [6, 6.07) is 6.43. The number of nitrogens with zero attached hydrogens (tertiary/aromatic N) is 1. The number of hydrogen-bond donors (Lipinski definition) is 2. The van der Waals surface area contributed by atoms with Gasteiger partial charge in [0.25, 0.3) is 0 Å². The lowest BCUT2D eigenvalue weighted by atomic mass is 9.86. The van der Waals surface area contributed by atoms with E-state index in [1.54, 1.807) is 18.2 Å². The van der Waals surface area contributed by atoms with E-state index >= 15 is 0 Å². The first-order chi connectivity index (χ1) is 10.6. The maximum Gasteiger partial charge on any atom is 0.234 e. The van der Waals surface area contributed by atoms with Gasteiger partial charge in [0.05, 0.1) is 12.6 Å². The molecular formula is C17H25FN2O2. The number of carbonyl (C=O) groups is 1. The van der Waals surface area contributed by atoms with Crippen molar-refractivity contribution in [1.29, 1.82) is 0 Å². The first kappa shape index (κ1) is 16.9. The van der Waals surface area contributed by atoms with Crippen LogP contribution in [-0.2, 0) is 11.3 Å². The van der Waals surface area contributed by atoms with Crippen LogP contribution in [0.2, 0.25) is 0 Å². The first-order valence-corrected chi connectivity index (χ1v) is 7.93. The highest BCUT2D eigenvalue weighted by molar-refractivity contribution is 5.77. The van der Waals surface area contributed by atoms with Crippen LogP contribution in [0.3, 0.4) is 0 Å². The number of nitrogens with one attached hydrogen (secondary N) is 1. The van der Waals surface area contributed by atoms with Gasteiger partial charge in [-0.25, -0.2) is 4.39 Å². The fraction of sp³-hybridized carbons (Fsp3) is 0.588. The van der Waals surface area contributed by atoms with E-state index in [4.69, 9.17) is 0 Å². The van der Waals surface area contributed by atoms with E-state index in [2.05, 4.69) is 5.32 Å². The predicted octanol–water partition coefficient (Wildman–Crippen LogP) is 1.92. The zero-order valence-corrected chi connectivity index (χ0v) is 13.1.